The van der Waals surface area contributed by atoms with Gasteiger partial charge in [-0.05, 0) is 47.7 Å². The molecular weight excluding hydrogens is 341 g/mol. The van der Waals surface area contributed by atoms with Gasteiger partial charge in [0.1, 0.15) is 0 Å². The number of ether oxygens (including phenoxy) is 1. The van der Waals surface area contributed by atoms with Gasteiger partial charge in [-0.25, -0.2) is 4.39 Å². The summed E-state index contributed by atoms with van der Waals surface area (Å²) in [5.74, 6) is 0.316. The first-order valence-corrected chi connectivity index (χ1v) is 9.80. The Morgan fingerprint density at radius 3 is 2.48 bits per heavy atom. The van der Waals surface area contributed by atoms with Crippen molar-refractivity contribution in [3.8, 4) is 5.75 Å². The normalized spacial score (nSPS) is 10.9. The topological polar surface area (TPSA) is 38.3 Å². The maximum absolute atomic E-state index is 14.1. The van der Waals surface area contributed by atoms with Crippen LogP contribution >= 0.6 is 0 Å². The summed E-state index contributed by atoms with van der Waals surface area (Å²) < 4.78 is 19.6. The second-order valence-electron chi connectivity index (χ2n) is 7.15. The lowest BCUT2D eigenvalue weighted by Crippen LogP contribution is -2.11. The van der Waals surface area contributed by atoms with Crippen LogP contribution in [0.5, 0.6) is 5.75 Å². The molecule has 0 saturated heterocycles. The molecule has 0 heterocycles. The number of amides is 1. The molecule has 4 heteroatoms. The van der Waals surface area contributed by atoms with E-state index in [2.05, 4.69) is 12.2 Å². The zero-order valence-electron chi connectivity index (χ0n) is 16.6. The van der Waals surface area contributed by atoms with E-state index in [4.69, 9.17) is 4.74 Å². The third-order valence-corrected chi connectivity index (χ3v) is 4.52. The van der Waals surface area contributed by atoms with Gasteiger partial charge in [-0.15, -0.1) is 0 Å². The summed E-state index contributed by atoms with van der Waals surface area (Å²) in [6.07, 6.45) is 4.34. The number of benzene rings is 2. The van der Waals surface area contributed by atoms with Crippen molar-refractivity contribution in [2.24, 2.45) is 0 Å². The van der Waals surface area contributed by atoms with Crippen molar-refractivity contribution in [3.05, 3.63) is 59.4 Å². The molecule has 1 amide bonds. The first kappa shape index (κ1) is 20.9. The monoisotopic (exact) mass is 371 g/mol. The summed E-state index contributed by atoms with van der Waals surface area (Å²) in [6.45, 7) is 6.59. The molecule has 2 rings (SSSR count). The summed E-state index contributed by atoms with van der Waals surface area (Å²) in [6, 6.07) is 12.9. The van der Waals surface area contributed by atoms with Crippen LogP contribution in [-0.2, 0) is 11.2 Å². The minimum atomic E-state index is -0.317. The molecular formula is C23H30FNO2. The van der Waals surface area contributed by atoms with Gasteiger partial charge in [-0.1, -0.05) is 51.8 Å². The fourth-order valence-electron chi connectivity index (χ4n) is 2.79. The average molecular weight is 371 g/mol. The van der Waals surface area contributed by atoms with Crippen LogP contribution in [0.1, 0.15) is 63.5 Å². The van der Waals surface area contributed by atoms with Gasteiger partial charge in [-0.3, -0.25) is 4.79 Å². The minimum absolute atomic E-state index is 0.0554. The van der Waals surface area contributed by atoms with Gasteiger partial charge in [0.15, 0.2) is 11.6 Å². The molecule has 0 aliphatic heterocycles. The van der Waals surface area contributed by atoms with Crippen LogP contribution in [0.2, 0.25) is 0 Å². The van der Waals surface area contributed by atoms with Crippen LogP contribution < -0.4 is 10.1 Å². The maximum atomic E-state index is 14.1. The van der Waals surface area contributed by atoms with Gasteiger partial charge < -0.3 is 10.1 Å². The Balaban J connectivity index is 1.79. The van der Waals surface area contributed by atoms with Crippen molar-refractivity contribution < 1.29 is 13.9 Å². The molecule has 0 spiro atoms. The van der Waals surface area contributed by atoms with E-state index in [0.717, 1.165) is 36.1 Å². The number of hydrogen-bond donors (Lipinski definition) is 1. The zero-order chi connectivity index (χ0) is 19.6. The van der Waals surface area contributed by atoms with E-state index < -0.39 is 0 Å². The smallest absolute Gasteiger partial charge is 0.224 e. The standard InChI is InChI=1S/C23H30FNO2/c1-4-5-6-7-23(26)25-20-11-8-18(9-12-20)14-15-27-22-13-10-19(17(2)3)16-21(22)24/h8-13,16-17H,4-7,14-15H2,1-3H3,(H,25,26). The van der Waals surface area contributed by atoms with Crippen LogP contribution in [0.15, 0.2) is 42.5 Å². The molecule has 0 fully saturated rings. The number of carbonyl (C=O) groups excluding carboxylic acids is 1. The summed E-state index contributed by atoms with van der Waals surface area (Å²) in [7, 11) is 0. The Kier molecular flexibility index (Phi) is 8.31. The van der Waals surface area contributed by atoms with Crippen LogP contribution in [-0.4, -0.2) is 12.5 Å². The van der Waals surface area contributed by atoms with Crippen LogP contribution in [0.4, 0.5) is 10.1 Å². The highest BCUT2D eigenvalue weighted by Crippen LogP contribution is 2.23. The molecule has 0 atom stereocenters. The van der Waals surface area contributed by atoms with Gasteiger partial charge in [0, 0.05) is 18.5 Å². The predicted molar refractivity (Wildman–Crippen MR) is 109 cm³/mol. The van der Waals surface area contributed by atoms with E-state index >= 15 is 0 Å². The fourth-order valence-corrected chi connectivity index (χ4v) is 2.79. The molecule has 2 aromatic carbocycles. The van der Waals surface area contributed by atoms with Crippen molar-refractivity contribution >= 4 is 11.6 Å². The number of unbranched alkanes of at least 4 members (excludes halogenated alkanes) is 2. The molecule has 27 heavy (non-hydrogen) atoms. The van der Waals surface area contributed by atoms with Gasteiger partial charge >= 0.3 is 0 Å². The summed E-state index contributed by atoms with van der Waals surface area (Å²) in [5, 5.41) is 2.91. The number of anilines is 1. The van der Waals surface area contributed by atoms with Crippen LogP contribution in [0.25, 0.3) is 0 Å². The number of carbonyl (C=O) groups is 1. The SMILES string of the molecule is CCCCCC(=O)Nc1ccc(CCOc2ccc(C(C)C)cc2F)cc1. The van der Waals surface area contributed by atoms with E-state index in [1.54, 1.807) is 6.07 Å². The highest BCUT2D eigenvalue weighted by molar-refractivity contribution is 5.90. The molecule has 0 bridgehead atoms. The molecule has 2 aromatic rings. The molecule has 1 N–H and O–H groups in total. The summed E-state index contributed by atoms with van der Waals surface area (Å²) >= 11 is 0. The molecule has 0 saturated carbocycles. The highest BCUT2D eigenvalue weighted by Gasteiger charge is 2.07. The van der Waals surface area contributed by atoms with Crippen molar-refractivity contribution in [1.82, 2.24) is 0 Å². The number of nitrogens with one attached hydrogen (secondary N) is 1. The second-order valence-corrected chi connectivity index (χ2v) is 7.15. The number of halogens is 1. The van der Waals surface area contributed by atoms with Crippen LogP contribution in [0, 0.1) is 5.82 Å². The van der Waals surface area contributed by atoms with Gasteiger partial charge in [0.2, 0.25) is 5.91 Å². The largest absolute Gasteiger partial charge is 0.490 e. The minimum Gasteiger partial charge on any atom is -0.490 e. The van der Waals surface area contributed by atoms with E-state index in [9.17, 15) is 9.18 Å². The van der Waals surface area contributed by atoms with E-state index in [1.807, 2.05) is 44.2 Å². The Bertz CT molecular complexity index is 726. The maximum Gasteiger partial charge on any atom is 0.224 e. The Morgan fingerprint density at radius 1 is 1.11 bits per heavy atom. The van der Waals surface area contributed by atoms with Crippen molar-refractivity contribution in [2.45, 2.75) is 58.8 Å². The number of rotatable bonds is 10. The van der Waals surface area contributed by atoms with Gasteiger partial charge in [0.05, 0.1) is 6.61 Å². The molecule has 0 aliphatic carbocycles. The highest BCUT2D eigenvalue weighted by atomic mass is 19.1. The predicted octanol–water partition coefficient (Wildman–Crippen LogP) is 6.09. The third kappa shape index (κ3) is 7.05. The lowest BCUT2D eigenvalue weighted by Gasteiger charge is -2.11. The second kappa shape index (κ2) is 10.7. The Morgan fingerprint density at radius 2 is 1.85 bits per heavy atom. The molecule has 0 aromatic heterocycles. The van der Waals surface area contributed by atoms with Crippen LogP contribution in [0.3, 0.4) is 0 Å². The first-order chi connectivity index (χ1) is 13.0. The summed E-state index contributed by atoms with van der Waals surface area (Å²) in [5.41, 5.74) is 2.85. The Labute approximate surface area is 161 Å². The molecule has 0 aliphatic rings. The molecule has 0 radical (unpaired) electrons. The zero-order valence-corrected chi connectivity index (χ0v) is 16.6. The van der Waals surface area contributed by atoms with Gasteiger partial charge in [-0.2, -0.15) is 0 Å². The van der Waals surface area contributed by atoms with Crippen molar-refractivity contribution in [2.75, 3.05) is 11.9 Å². The lowest BCUT2D eigenvalue weighted by molar-refractivity contribution is -0.116. The molecule has 0 unspecified atom stereocenters. The fraction of sp³-hybridized carbons (Fsp3) is 0.435. The van der Waals surface area contributed by atoms with Gasteiger partial charge in [0.25, 0.3) is 0 Å². The summed E-state index contributed by atoms with van der Waals surface area (Å²) in [4.78, 5) is 11.8. The van der Waals surface area contributed by atoms with E-state index in [1.165, 1.54) is 6.07 Å². The van der Waals surface area contributed by atoms with Crippen molar-refractivity contribution in [1.29, 1.82) is 0 Å². The third-order valence-electron chi connectivity index (χ3n) is 4.52. The van der Waals surface area contributed by atoms with E-state index in [0.29, 0.717) is 25.4 Å². The lowest BCUT2D eigenvalue weighted by atomic mass is 10.0. The van der Waals surface area contributed by atoms with Crippen molar-refractivity contribution in [3.63, 3.8) is 0 Å². The average Bonchev–Trinajstić information content (AvgIpc) is 2.64. The Hall–Kier alpha value is -2.36. The molecule has 146 valence electrons. The first-order valence-electron chi connectivity index (χ1n) is 9.80. The number of hydrogen-bond acceptors (Lipinski definition) is 2. The quantitative estimate of drug-likeness (QED) is 0.513. The molecule has 3 nitrogen and oxygen atoms in total. The van der Waals surface area contributed by atoms with E-state index in [-0.39, 0.29) is 17.5 Å².